The van der Waals surface area contributed by atoms with Gasteiger partial charge in [0.15, 0.2) is 5.78 Å². The Hall–Kier alpha value is -2.73. The Morgan fingerprint density at radius 1 is 1.19 bits per heavy atom. The van der Waals surface area contributed by atoms with Crippen LogP contribution in [0.1, 0.15) is 46.5 Å². The second kappa shape index (κ2) is 9.60. The maximum Gasteiger partial charge on any atom is 0.306 e. The van der Waals surface area contributed by atoms with Crippen molar-refractivity contribution in [3.63, 3.8) is 0 Å². The molecular formula is C25H30FNO4. The quantitative estimate of drug-likeness (QED) is 0.514. The normalized spacial score (nSPS) is 20.8. The van der Waals surface area contributed by atoms with Crippen LogP contribution in [0, 0.1) is 11.7 Å². The number of ketones is 1. The molecule has 2 aliphatic rings. The van der Waals surface area contributed by atoms with Gasteiger partial charge in [-0.25, -0.2) is 4.39 Å². The minimum absolute atomic E-state index is 0.0891. The van der Waals surface area contributed by atoms with Crippen molar-refractivity contribution in [3.8, 4) is 0 Å². The van der Waals surface area contributed by atoms with Crippen LogP contribution in [0.25, 0.3) is 0 Å². The van der Waals surface area contributed by atoms with E-state index >= 15 is 0 Å². The molecule has 31 heavy (non-hydrogen) atoms. The average Bonchev–Trinajstić information content (AvgIpc) is 2.71. The predicted octanol–water partition coefficient (Wildman–Crippen LogP) is 4.47. The van der Waals surface area contributed by atoms with Gasteiger partial charge in [0.25, 0.3) is 0 Å². The molecule has 0 bridgehead atoms. The van der Waals surface area contributed by atoms with E-state index < -0.39 is 11.5 Å². The number of fused-ring (bicyclic) bond motifs is 1. The van der Waals surface area contributed by atoms with Crippen molar-refractivity contribution in [1.82, 2.24) is 0 Å². The van der Waals surface area contributed by atoms with Gasteiger partial charge in [0, 0.05) is 29.5 Å². The maximum atomic E-state index is 13.4. The van der Waals surface area contributed by atoms with Crippen LogP contribution >= 0.6 is 0 Å². The zero-order valence-electron chi connectivity index (χ0n) is 18.3. The third-order valence-electron chi connectivity index (χ3n) is 5.29. The molecule has 3 rings (SSSR count). The summed E-state index contributed by atoms with van der Waals surface area (Å²) in [5, 5.41) is 9.47. The highest BCUT2D eigenvalue weighted by molar-refractivity contribution is 6.05. The molecule has 1 heterocycles. The molecule has 1 N–H and O–H groups in total. The maximum absolute atomic E-state index is 13.4. The number of Topliss-reactive ketones (excluding diaryl/α,β-unsaturated/α-hetero) is 1. The van der Waals surface area contributed by atoms with Crippen LogP contribution in [0.2, 0.25) is 0 Å². The standard InChI is InChI=1S/C25H30FNO4/c1-25(2,3)31-23(29)7-5-4-6-21-14-22-17(8-9-18(16-28)24(22)30)15-27(21)20-12-10-19(26)11-13-20/h8-15,18,21,28H,4-7,16H2,1-3H3. The highest BCUT2D eigenvalue weighted by Gasteiger charge is 2.31. The van der Waals surface area contributed by atoms with Gasteiger partial charge >= 0.3 is 5.97 Å². The molecule has 5 nitrogen and oxygen atoms in total. The van der Waals surface area contributed by atoms with E-state index in [0.717, 1.165) is 17.7 Å². The van der Waals surface area contributed by atoms with Crippen LogP contribution in [-0.4, -0.2) is 35.1 Å². The van der Waals surface area contributed by atoms with Gasteiger partial charge in [-0.15, -0.1) is 0 Å². The van der Waals surface area contributed by atoms with Gasteiger partial charge in [-0.2, -0.15) is 0 Å². The van der Waals surface area contributed by atoms with Crippen LogP contribution < -0.4 is 4.90 Å². The van der Waals surface area contributed by atoms with E-state index in [0.29, 0.717) is 24.8 Å². The topological polar surface area (TPSA) is 66.8 Å². The van der Waals surface area contributed by atoms with Crippen LogP contribution in [0.3, 0.4) is 0 Å². The first-order valence-electron chi connectivity index (χ1n) is 10.7. The Morgan fingerprint density at radius 3 is 2.55 bits per heavy atom. The molecule has 1 aromatic carbocycles. The molecule has 0 radical (unpaired) electrons. The Balaban J connectivity index is 1.74. The summed E-state index contributed by atoms with van der Waals surface area (Å²) in [4.78, 5) is 26.7. The number of carbonyl (C=O) groups excluding carboxylic acids is 2. The van der Waals surface area contributed by atoms with Crippen LogP contribution in [-0.2, 0) is 14.3 Å². The van der Waals surface area contributed by atoms with Crippen molar-refractivity contribution < 1.29 is 23.8 Å². The first-order valence-corrected chi connectivity index (χ1v) is 10.7. The average molecular weight is 428 g/mol. The number of aliphatic hydroxyl groups excluding tert-OH is 1. The van der Waals surface area contributed by atoms with Gasteiger partial charge in [0.05, 0.1) is 18.6 Å². The number of esters is 1. The van der Waals surface area contributed by atoms with E-state index in [9.17, 15) is 19.1 Å². The van der Waals surface area contributed by atoms with Crippen molar-refractivity contribution >= 4 is 17.4 Å². The van der Waals surface area contributed by atoms with E-state index in [1.165, 1.54) is 12.1 Å². The fourth-order valence-corrected chi connectivity index (χ4v) is 3.81. The minimum atomic E-state index is -0.520. The van der Waals surface area contributed by atoms with E-state index in [1.807, 2.05) is 44.0 Å². The Bertz CT molecular complexity index is 908. The molecule has 0 aromatic heterocycles. The van der Waals surface area contributed by atoms with Crippen molar-refractivity contribution in [2.75, 3.05) is 11.5 Å². The lowest BCUT2D eigenvalue weighted by Gasteiger charge is -2.35. The molecule has 1 aromatic rings. The lowest BCUT2D eigenvalue weighted by atomic mass is 9.83. The number of aliphatic hydroxyl groups is 1. The zero-order chi connectivity index (χ0) is 22.6. The molecule has 1 aliphatic heterocycles. The molecule has 0 saturated heterocycles. The molecule has 0 saturated carbocycles. The number of hydrogen-bond acceptors (Lipinski definition) is 5. The summed E-state index contributed by atoms with van der Waals surface area (Å²) in [7, 11) is 0. The summed E-state index contributed by atoms with van der Waals surface area (Å²) in [6.45, 7) is 5.32. The van der Waals surface area contributed by atoms with Crippen molar-refractivity contribution in [2.45, 2.75) is 58.1 Å². The summed E-state index contributed by atoms with van der Waals surface area (Å²) in [6.07, 6.45) is 9.90. The highest BCUT2D eigenvalue weighted by atomic mass is 19.1. The number of ether oxygens (including phenoxy) is 1. The van der Waals surface area contributed by atoms with E-state index in [4.69, 9.17) is 4.74 Å². The minimum Gasteiger partial charge on any atom is -0.460 e. The fourth-order valence-electron chi connectivity index (χ4n) is 3.81. The van der Waals surface area contributed by atoms with E-state index in [2.05, 4.69) is 0 Å². The smallest absolute Gasteiger partial charge is 0.306 e. The third-order valence-corrected chi connectivity index (χ3v) is 5.29. The monoisotopic (exact) mass is 427 g/mol. The lowest BCUT2D eigenvalue weighted by molar-refractivity contribution is -0.154. The summed E-state index contributed by atoms with van der Waals surface area (Å²) in [5.74, 6) is -1.13. The van der Waals surface area contributed by atoms with E-state index in [-0.39, 0.29) is 30.2 Å². The summed E-state index contributed by atoms with van der Waals surface area (Å²) < 4.78 is 18.8. The fraction of sp³-hybridized carbons (Fsp3) is 0.440. The summed E-state index contributed by atoms with van der Waals surface area (Å²) >= 11 is 0. The largest absolute Gasteiger partial charge is 0.460 e. The Morgan fingerprint density at radius 2 is 1.90 bits per heavy atom. The Kier molecular flexibility index (Phi) is 7.11. The second-order valence-electron chi connectivity index (χ2n) is 8.96. The van der Waals surface area contributed by atoms with Gasteiger partial charge < -0.3 is 14.7 Å². The second-order valence-corrected chi connectivity index (χ2v) is 8.96. The number of anilines is 1. The lowest BCUT2D eigenvalue weighted by Crippen LogP contribution is -2.35. The molecule has 0 spiro atoms. The number of halogens is 1. The predicted molar refractivity (Wildman–Crippen MR) is 118 cm³/mol. The number of unbranched alkanes of at least 4 members (excludes halogenated alkanes) is 1. The number of hydrogen-bond donors (Lipinski definition) is 1. The summed E-state index contributed by atoms with van der Waals surface area (Å²) in [6, 6.07) is 6.14. The number of nitrogens with zero attached hydrogens (tertiary/aromatic N) is 1. The number of carbonyl (C=O) groups is 2. The summed E-state index contributed by atoms with van der Waals surface area (Å²) in [5.41, 5.74) is 1.72. The van der Waals surface area contributed by atoms with Gasteiger partial charge in [0.2, 0.25) is 0 Å². The molecular weight excluding hydrogens is 397 g/mol. The molecule has 166 valence electrons. The number of rotatable bonds is 7. The van der Waals surface area contributed by atoms with Crippen LogP contribution in [0.5, 0.6) is 0 Å². The number of allylic oxidation sites excluding steroid dienone is 3. The zero-order valence-corrected chi connectivity index (χ0v) is 18.3. The highest BCUT2D eigenvalue weighted by Crippen LogP contribution is 2.33. The SMILES string of the molecule is CC(C)(C)OC(=O)CCCCC1C=C2C(=O)C(CO)C=CC2=CN1c1ccc(F)cc1. The Labute approximate surface area is 182 Å². The van der Waals surface area contributed by atoms with Gasteiger partial charge in [0.1, 0.15) is 11.4 Å². The molecule has 2 atom stereocenters. The van der Waals surface area contributed by atoms with Gasteiger partial charge in [-0.1, -0.05) is 24.6 Å². The molecule has 2 unspecified atom stereocenters. The van der Waals surface area contributed by atoms with Crippen molar-refractivity contribution in [1.29, 1.82) is 0 Å². The number of benzene rings is 1. The molecule has 0 fully saturated rings. The van der Waals surface area contributed by atoms with Crippen LogP contribution in [0.15, 0.2) is 59.8 Å². The van der Waals surface area contributed by atoms with Gasteiger partial charge in [-0.3, -0.25) is 9.59 Å². The van der Waals surface area contributed by atoms with Crippen LogP contribution in [0.4, 0.5) is 10.1 Å². The molecule has 0 amide bonds. The van der Waals surface area contributed by atoms with Gasteiger partial charge in [-0.05, 0) is 57.9 Å². The molecule has 6 heteroatoms. The van der Waals surface area contributed by atoms with Crippen molar-refractivity contribution in [2.24, 2.45) is 5.92 Å². The first-order chi connectivity index (χ1) is 14.7. The molecule has 1 aliphatic carbocycles. The van der Waals surface area contributed by atoms with Crippen molar-refractivity contribution in [3.05, 3.63) is 65.7 Å². The van der Waals surface area contributed by atoms with E-state index in [1.54, 1.807) is 18.2 Å². The third kappa shape index (κ3) is 5.91. The first kappa shape index (κ1) is 22.9.